The lowest BCUT2D eigenvalue weighted by Gasteiger charge is -2.34. The third-order valence-corrected chi connectivity index (χ3v) is 6.16. The molecule has 218 valence electrons. The molecule has 0 aliphatic carbocycles. The highest BCUT2D eigenvalue weighted by Crippen LogP contribution is 2.27. The number of aliphatic hydroxyl groups excluding tert-OH is 3. The number of hydrogen-bond donors (Lipinski definition) is 6. The van der Waals surface area contributed by atoms with Crippen LogP contribution >= 0.6 is 12.2 Å². The number of para-hydroxylation sites is 1. The molecule has 2 aromatic carbocycles. The van der Waals surface area contributed by atoms with E-state index >= 15 is 0 Å². The number of anilines is 1. The first kappa shape index (κ1) is 31.3. The number of aliphatic carboxylic acids is 1. The SMILES string of the molecule is CC(=O)N[C@H](/C=C1/C(=O)NC(=S)N(c2ccc(Oc3ccccc3)cc2)C1=O)C(OC(C)C(=O)O)[C@@H](O)C(O)CO. The Kier molecular flexibility index (Phi) is 10.6. The molecule has 1 fully saturated rings. The largest absolute Gasteiger partial charge is 0.479 e. The van der Waals surface area contributed by atoms with Crippen molar-refractivity contribution in [2.75, 3.05) is 11.5 Å². The van der Waals surface area contributed by atoms with Crippen molar-refractivity contribution in [3.8, 4) is 11.5 Å². The van der Waals surface area contributed by atoms with Crippen molar-refractivity contribution in [3.63, 3.8) is 0 Å². The maximum atomic E-state index is 13.5. The molecule has 0 radical (unpaired) electrons. The van der Waals surface area contributed by atoms with Gasteiger partial charge in [-0.25, -0.2) is 4.79 Å². The van der Waals surface area contributed by atoms with Crippen LogP contribution in [-0.2, 0) is 23.9 Å². The summed E-state index contributed by atoms with van der Waals surface area (Å²) in [7, 11) is 0. The molecule has 3 amide bonds. The van der Waals surface area contributed by atoms with Crippen molar-refractivity contribution in [3.05, 3.63) is 66.2 Å². The Hall–Kier alpha value is -4.21. The van der Waals surface area contributed by atoms with Crippen LogP contribution in [0.3, 0.4) is 0 Å². The van der Waals surface area contributed by atoms with Gasteiger partial charge in [-0.1, -0.05) is 18.2 Å². The Morgan fingerprint density at radius 3 is 2.24 bits per heavy atom. The molecular weight excluding hydrogens is 558 g/mol. The van der Waals surface area contributed by atoms with Gasteiger partial charge in [-0.3, -0.25) is 24.6 Å². The Balaban J connectivity index is 1.97. The highest BCUT2D eigenvalue weighted by Gasteiger charge is 2.40. The smallest absolute Gasteiger partial charge is 0.332 e. The number of carbonyl (C=O) groups is 4. The monoisotopic (exact) mass is 587 g/mol. The molecule has 1 saturated heterocycles. The van der Waals surface area contributed by atoms with Crippen LogP contribution in [0.1, 0.15) is 13.8 Å². The van der Waals surface area contributed by atoms with E-state index < -0.39 is 66.3 Å². The number of hydrogen-bond acceptors (Lipinski definition) is 10. The van der Waals surface area contributed by atoms with Crippen molar-refractivity contribution < 1.29 is 49.1 Å². The summed E-state index contributed by atoms with van der Waals surface area (Å²) in [5, 5.41) is 43.8. The zero-order chi connectivity index (χ0) is 30.3. The lowest BCUT2D eigenvalue weighted by molar-refractivity contribution is -0.166. The van der Waals surface area contributed by atoms with Crippen LogP contribution in [0.15, 0.2) is 66.2 Å². The van der Waals surface area contributed by atoms with Crippen molar-refractivity contribution in [2.24, 2.45) is 0 Å². The van der Waals surface area contributed by atoms with E-state index in [9.17, 15) is 39.6 Å². The molecular formula is C27H29N3O10S. The Morgan fingerprint density at radius 1 is 1.07 bits per heavy atom. The first-order valence-electron chi connectivity index (χ1n) is 12.3. The highest BCUT2D eigenvalue weighted by atomic mass is 32.1. The van der Waals surface area contributed by atoms with E-state index in [1.165, 1.54) is 12.1 Å². The van der Waals surface area contributed by atoms with Gasteiger partial charge < -0.3 is 35.2 Å². The molecule has 6 N–H and O–H groups in total. The summed E-state index contributed by atoms with van der Waals surface area (Å²) in [4.78, 5) is 50.8. The summed E-state index contributed by atoms with van der Waals surface area (Å²) >= 11 is 5.22. The molecule has 0 bridgehead atoms. The second-order valence-corrected chi connectivity index (χ2v) is 9.32. The van der Waals surface area contributed by atoms with Gasteiger partial charge in [0.25, 0.3) is 11.8 Å². The van der Waals surface area contributed by atoms with Crippen LogP contribution in [0.25, 0.3) is 0 Å². The van der Waals surface area contributed by atoms with Gasteiger partial charge in [0.1, 0.15) is 35.4 Å². The van der Waals surface area contributed by atoms with Crippen LogP contribution in [0.5, 0.6) is 11.5 Å². The first-order valence-corrected chi connectivity index (χ1v) is 12.7. The quantitative estimate of drug-likeness (QED) is 0.113. The summed E-state index contributed by atoms with van der Waals surface area (Å²) in [6, 6.07) is 13.7. The Labute approximate surface area is 240 Å². The summed E-state index contributed by atoms with van der Waals surface area (Å²) in [6.07, 6.45) is -6.05. The van der Waals surface area contributed by atoms with Gasteiger partial charge in [0.2, 0.25) is 5.91 Å². The summed E-state index contributed by atoms with van der Waals surface area (Å²) < 4.78 is 11.1. The second-order valence-electron chi connectivity index (χ2n) is 8.94. The zero-order valence-electron chi connectivity index (χ0n) is 22.0. The minimum atomic E-state index is -1.94. The number of nitrogens with zero attached hydrogens (tertiary/aromatic N) is 1. The van der Waals surface area contributed by atoms with Crippen molar-refractivity contribution in [2.45, 2.75) is 44.3 Å². The lowest BCUT2D eigenvalue weighted by atomic mass is 9.97. The van der Waals surface area contributed by atoms with Crippen LogP contribution in [0.4, 0.5) is 5.69 Å². The molecule has 5 atom stereocenters. The molecule has 13 nitrogen and oxygen atoms in total. The number of benzene rings is 2. The molecule has 1 aliphatic rings. The minimum Gasteiger partial charge on any atom is -0.479 e. The number of carbonyl (C=O) groups excluding carboxylic acids is 3. The number of amides is 3. The topological polar surface area (TPSA) is 195 Å². The number of nitrogens with one attached hydrogen (secondary N) is 2. The van der Waals surface area contributed by atoms with E-state index in [2.05, 4.69) is 10.6 Å². The third kappa shape index (κ3) is 7.93. The first-order chi connectivity index (χ1) is 19.4. The predicted molar refractivity (Wildman–Crippen MR) is 148 cm³/mol. The minimum absolute atomic E-state index is 0.229. The molecule has 3 rings (SSSR count). The molecule has 0 spiro atoms. The zero-order valence-corrected chi connectivity index (χ0v) is 22.8. The maximum Gasteiger partial charge on any atom is 0.332 e. The van der Waals surface area contributed by atoms with Gasteiger partial charge in [-0.15, -0.1) is 0 Å². The van der Waals surface area contributed by atoms with Gasteiger partial charge in [0.15, 0.2) is 11.2 Å². The van der Waals surface area contributed by atoms with Crippen LogP contribution in [0.2, 0.25) is 0 Å². The van der Waals surface area contributed by atoms with Gasteiger partial charge in [-0.05, 0) is 61.6 Å². The molecule has 1 heterocycles. The fourth-order valence-electron chi connectivity index (χ4n) is 3.83. The normalized spacial score (nSPS) is 18.2. The second kappa shape index (κ2) is 13.9. The molecule has 3 unspecified atom stereocenters. The van der Waals surface area contributed by atoms with E-state index in [4.69, 9.17) is 21.7 Å². The fraction of sp³-hybridized carbons (Fsp3) is 0.296. The lowest BCUT2D eigenvalue weighted by Crippen LogP contribution is -2.57. The number of thiocarbonyl (C=S) groups is 1. The average Bonchev–Trinajstić information content (AvgIpc) is 2.93. The summed E-state index contributed by atoms with van der Waals surface area (Å²) in [6.45, 7) is 1.30. The van der Waals surface area contributed by atoms with E-state index in [-0.39, 0.29) is 10.8 Å². The van der Waals surface area contributed by atoms with Crippen molar-refractivity contribution in [1.29, 1.82) is 0 Å². The number of carboxylic acid groups (broad SMARTS) is 1. The van der Waals surface area contributed by atoms with Gasteiger partial charge in [0, 0.05) is 6.92 Å². The standard InChI is InChI=1S/C27H29N3O10S/c1-14(26(37)38)39-23(22(34)21(33)13-31)20(28-15(2)32)12-19-24(35)29-27(41)30(25(19)36)16-8-10-18(11-9-16)40-17-6-4-3-5-7-17/h3-12,14,20-23,31,33-34H,13H2,1-2H3,(H,28,32)(H,37,38)(H,29,35,41)/b19-12-/t14?,20-,21?,22+,23?/m1/s1. The maximum absolute atomic E-state index is 13.5. The molecule has 1 aliphatic heterocycles. The Bertz CT molecular complexity index is 1320. The molecule has 2 aromatic rings. The number of carboxylic acids is 1. The number of aliphatic hydroxyl groups is 3. The summed E-state index contributed by atoms with van der Waals surface area (Å²) in [5.41, 5.74) is -0.255. The van der Waals surface area contributed by atoms with Crippen LogP contribution in [0, 0.1) is 0 Å². The summed E-state index contributed by atoms with van der Waals surface area (Å²) in [5.74, 6) is -2.90. The van der Waals surface area contributed by atoms with Crippen molar-refractivity contribution in [1.82, 2.24) is 10.6 Å². The number of ether oxygens (including phenoxy) is 2. The fourth-order valence-corrected chi connectivity index (χ4v) is 4.11. The van der Waals surface area contributed by atoms with Crippen LogP contribution in [-0.4, -0.2) is 86.3 Å². The molecule has 41 heavy (non-hydrogen) atoms. The third-order valence-electron chi connectivity index (χ3n) is 5.87. The van der Waals surface area contributed by atoms with Gasteiger partial charge in [0.05, 0.1) is 18.3 Å². The molecule has 0 aromatic heterocycles. The van der Waals surface area contributed by atoms with E-state index in [0.717, 1.165) is 24.8 Å². The predicted octanol–water partition coefficient (Wildman–Crippen LogP) is 0.230. The Morgan fingerprint density at radius 2 is 1.68 bits per heavy atom. The molecule has 0 saturated carbocycles. The van der Waals surface area contributed by atoms with E-state index in [0.29, 0.717) is 11.5 Å². The number of rotatable bonds is 12. The van der Waals surface area contributed by atoms with Crippen molar-refractivity contribution >= 4 is 46.7 Å². The highest BCUT2D eigenvalue weighted by molar-refractivity contribution is 7.80. The van der Waals surface area contributed by atoms with E-state index in [1.54, 1.807) is 36.4 Å². The molecule has 14 heteroatoms. The van der Waals surface area contributed by atoms with Gasteiger partial charge in [-0.2, -0.15) is 0 Å². The van der Waals surface area contributed by atoms with Crippen LogP contribution < -0.4 is 20.3 Å². The average molecular weight is 588 g/mol. The van der Waals surface area contributed by atoms with Gasteiger partial charge >= 0.3 is 5.97 Å². The van der Waals surface area contributed by atoms with E-state index in [1.807, 2.05) is 6.07 Å².